The fraction of sp³-hybridized carbons (Fsp3) is 0.911. The van der Waals surface area contributed by atoms with Gasteiger partial charge in [0.15, 0.2) is 0 Å². The molecule has 1 fully saturated rings. The third-order valence-electron chi connectivity index (χ3n) is 13.2. The lowest BCUT2D eigenvalue weighted by Crippen LogP contribution is -2.38. The highest BCUT2D eigenvalue weighted by Crippen LogP contribution is 2.20. The minimum atomic E-state index is -0.597. The molecule has 1 saturated heterocycles. The van der Waals surface area contributed by atoms with Crippen molar-refractivity contribution in [2.75, 3.05) is 46.0 Å². The van der Waals surface area contributed by atoms with Gasteiger partial charge in [-0.1, -0.05) is 163 Å². The maximum absolute atomic E-state index is 12.9. The molecule has 0 bridgehead atoms. The fourth-order valence-corrected chi connectivity index (χ4v) is 8.83. The molecule has 0 spiro atoms. The number of carbonyl (C=O) groups is 5. The van der Waals surface area contributed by atoms with Crippen LogP contribution < -0.4 is 5.32 Å². The summed E-state index contributed by atoms with van der Waals surface area (Å²) in [5.74, 6) is -2.13. The predicted molar refractivity (Wildman–Crippen MR) is 277 cm³/mol. The highest BCUT2D eigenvalue weighted by atomic mass is 16.6. The molecule has 1 rings (SSSR count). The van der Waals surface area contributed by atoms with Crippen LogP contribution in [0.2, 0.25) is 0 Å². The second-order valence-corrected chi connectivity index (χ2v) is 19.8. The number of piperidine rings is 1. The molecule has 0 aliphatic carbocycles. The van der Waals surface area contributed by atoms with Crippen LogP contribution in [0.15, 0.2) is 0 Å². The fourth-order valence-electron chi connectivity index (χ4n) is 8.83. The van der Waals surface area contributed by atoms with Gasteiger partial charge in [0.05, 0.1) is 5.92 Å². The van der Waals surface area contributed by atoms with Gasteiger partial charge in [0.25, 0.3) is 0 Å². The summed E-state index contributed by atoms with van der Waals surface area (Å²) in [6, 6.07) is 0. The van der Waals surface area contributed by atoms with E-state index >= 15 is 0 Å². The van der Waals surface area contributed by atoms with E-state index < -0.39 is 23.9 Å². The minimum Gasteiger partial charge on any atom is -0.465 e. The molecular formula is C56H106N2O10. The molecule has 1 N–H and O–H groups in total. The summed E-state index contributed by atoms with van der Waals surface area (Å²) in [4.78, 5) is 66.5. The van der Waals surface area contributed by atoms with Crippen LogP contribution >= 0.6 is 0 Å². The number of esters is 4. The van der Waals surface area contributed by atoms with Crippen molar-refractivity contribution in [3.8, 4) is 0 Å². The Kier molecular flexibility index (Phi) is 43.2. The third kappa shape index (κ3) is 39.9. The van der Waals surface area contributed by atoms with Gasteiger partial charge >= 0.3 is 30.0 Å². The molecule has 12 heteroatoms. The number of amides is 1. The van der Waals surface area contributed by atoms with Crippen LogP contribution in [0.3, 0.4) is 0 Å². The Morgan fingerprint density at radius 1 is 0.426 bits per heavy atom. The molecule has 0 radical (unpaired) electrons. The van der Waals surface area contributed by atoms with E-state index in [-0.39, 0.29) is 71.1 Å². The van der Waals surface area contributed by atoms with Gasteiger partial charge in [0.1, 0.15) is 32.0 Å². The SMILES string of the molecule is CCCCCCCCC(CCCCCCCC)OC(=O)CCCC(=O)OCC(COC(=O)CCCC(=O)OC(CCCCCCCC)CCCCCCCC)COC(=O)NCCN1CCCCC1.[HH]. The number of nitrogens with one attached hydrogen (secondary N) is 1. The van der Waals surface area contributed by atoms with E-state index in [1.165, 1.54) is 109 Å². The third-order valence-corrected chi connectivity index (χ3v) is 13.2. The van der Waals surface area contributed by atoms with Crippen LogP contribution in [0.4, 0.5) is 4.79 Å². The molecule has 1 heterocycles. The largest absolute Gasteiger partial charge is 0.465 e. The lowest BCUT2D eigenvalue weighted by molar-refractivity contribution is -0.151. The van der Waals surface area contributed by atoms with Crippen LogP contribution in [0.5, 0.6) is 0 Å². The van der Waals surface area contributed by atoms with Gasteiger partial charge in [0, 0.05) is 40.2 Å². The average molecular weight is 967 g/mol. The molecule has 12 nitrogen and oxygen atoms in total. The van der Waals surface area contributed by atoms with E-state index in [1.54, 1.807) is 0 Å². The summed E-state index contributed by atoms with van der Waals surface area (Å²) >= 11 is 0. The Morgan fingerprint density at radius 3 is 1.15 bits per heavy atom. The molecule has 1 aliphatic rings. The van der Waals surface area contributed by atoms with Gasteiger partial charge in [-0.2, -0.15) is 0 Å². The van der Waals surface area contributed by atoms with Crippen LogP contribution in [0.25, 0.3) is 0 Å². The number of likely N-dealkylation sites (tertiary alicyclic amines) is 1. The van der Waals surface area contributed by atoms with Crippen LogP contribution in [-0.4, -0.2) is 93.1 Å². The van der Waals surface area contributed by atoms with Gasteiger partial charge in [-0.05, 0) is 90.1 Å². The monoisotopic (exact) mass is 967 g/mol. The molecule has 0 saturated carbocycles. The summed E-state index contributed by atoms with van der Waals surface area (Å²) in [7, 11) is 0. The van der Waals surface area contributed by atoms with Crippen LogP contribution in [-0.2, 0) is 42.9 Å². The van der Waals surface area contributed by atoms with Gasteiger partial charge in [-0.3, -0.25) is 19.2 Å². The maximum atomic E-state index is 12.9. The number of hydrogen-bond donors (Lipinski definition) is 1. The molecule has 0 unspecified atom stereocenters. The summed E-state index contributed by atoms with van der Waals surface area (Å²) in [5, 5.41) is 2.80. The lowest BCUT2D eigenvalue weighted by atomic mass is 10.0. The first-order valence-electron chi connectivity index (χ1n) is 28.5. The van der Waals surface area contributed by atoms with Crippen molar-refractivity contribution in [1.82, 2.24) is 10.2 Å². The zero-order chi connectivity index (χ0) is 49.6. The molecule has 400 valence electrons. The zero-order valence-corrected chi connectivity index (χ0v) is 44.4. The number of alkyl carbamates (subject to hydrolysis) is 1. The summed E-state index contributed by atoms with van der Waals surface area (Å²) < 4.78 is 28.5. The van der Waals surface area contributed by atoms with E-state index in [2.05, 4.69) is 37.9 Å². The molecule has 1 amide bonds. The highest BCUT2D eigenvalue weighted by molar-refractivity contribution is 5.73. The van der Waals surface area contributed by atoms with E-state index in [0.29, 0.717) is 19.4 Å². The summed E-state index contributed by atoms with van der Waals surface area (Å²) in [6.45, 7) is 11.8. The van der Waals surface area contributed by atoms with Crippen LogP contribution in [0.1, 0.15) is 267 Å². The number of ether oxygens (including phenoxy) is 5. The van der Waals surface area contributed by atoms with Crippen molar-refractivity contribution >= 4 is 30.0 Å². The second-order valence-electron chi connectivity index (χ2n) is 19.8. The van der Waals surface area contributed by atoms with E-state index in [9.17, 15) is 24.0 Å². The van der Waals surface area contributed by atoms with Crippen LogP contribution in [0, 0.1) is 5.92 Å². The Balaban J connectivity index is 0.0000462. The zero-order valence-electron chi connectivity index (χ0n) is 44.4. The quantitative estimate of drug-likeness (QED) is 0.0353. The van der Waals surface area contributed by atoms with Crippen molar-refractivity contribution < 1.29 is 49.1 Å². The Hall–Kier alpha value is -2.89. The molecular weight excluding hydrogens is 861 g/mol. The number of nitrogens with zero attached hydrogens (tertiary/aromatic N) is 1. The topological polar surface area (TPSA) is 147 Å². The average Bonchev–Trinajstić information content (AvgIpc) is 3.33. The maximum Gasteiger partial charge on any atom is 0.407 e. The lowest BCUT2D eigenvalue weighted by Gasteiger charge is -2.26. The van der Waals surface area contributed by atoms with Gasteiger partial charge in [-0.25, -0.2) is 4.79 Å². The van der Waals surface area contributed by atoms with Crippen molar-refractivity contribution in [2.45, 2.75) is 277 Å². The molecule has 1 aliphatic heterocycles. The van der Waals surface area contributed by atoms with Crippen molar-refractivity contribution in [3.05, 3.63) is 0 Å². The van der Waals surface area contributed by atoms with Crippen molar-refractivity contribution in [3.63, 3.8) is 0 Å². The van der Waals surface area contributed by atoms with E-state index in [4.69, 9.17) is 23.7 Å². The standard InChI is InChI=1S/C56H104N2O10.H2/c1-5-9-13-17-21-26-34-50(35-27-22-18-14-10-6-2)67-54(61)40-32-38-52(59)64-46-49(48-66-56(63)57-42-45-58-43-30-25-31-44-58)47-65-53(60)39-33-41-55(62)68-51(36-28-23-19-15-11-7-3)37-29-24-20-16-12-8-4;/h49-51H,5-48H2,1-4H3,(H,57,63);1H. The molecule has 0 aromatic heterocycles. The minimum absolute atomic E-state index is 0. The van der Waals surface area contributed by atoms with Gasteiger partial charge in [-0.15, -0.1) is 0 Å². The number of carbonyl (C=O) groups excluding carboxylic acids is 5. The van der Waals surface area contributed by atoms with Crippen molar-refractivity contribution in [1.29, 1.82) is 0 Å². The first kappa shape index (κ1) is 63.1. The molecule has 0 atom stereocenters. The number of unbranched alkanes of at least 4 members (excludes halogenated alkanes) is 20. The number of rotatable bonds is 47. The normalized spacial score (nSPS) is 13.0. The van der Waals surface area contributed by atoms with Gasteiger partial charge in [0.2, 0.25) is 0 Å². The molecule has 0 aromatic carbocycles. The summed E-state index contributed by atoms with van der Waals surface area (Å²) in [5.41, 5.74) is 0. The number of hydrogen-bond acceptors (Lipinski definition) is 11. The smallest absolute Gasteiger partial charge is 0.407 e. The van der Waals surface area contributed by atoms with Crippen molar-refractivity contribution in [2.24, 2.45) is 5.92 Å². The molecule has 0 aromatic rings. The molecule has 68 heavy (non-hydrogen) atoms. The predicted octanol–water partition coefficient (Wildman–Crippen LogP) is 14.3. The van der Waals surface area contributed by atoms with Gasteiger partial charge < -0.3 is 33.9 Å². The first-order chi connectivity index (χ1) is 33.2. The van der Waals surface area contributed by atoms with E-state index in [1.807, 2.05) is 0 Å². The Morgan fingerprint density at radius 2 is 0.765 bits per heavy atom. The summed E-state index contributed by atoms with van der Waals surface area (Å²) in [6.07, 6.45) is 35.9. The Labute approximate surface area is 417 Å². The van der Waals surface area contributed by atoms with E-state index in [0.717, 1.165) is 110 Å². The Bertz CT molecular complexity index is 1130. The first-order valence-corrected chi connectivity index (χ1v) is 28.5. The highest BCUT2D eigenvalue weighted by Gasteiger charge is 2.21. The second kappa shape index (κ2) is 46.5.